The Morgan fingerprint density at radius 3 is 2.00 bits per heavy atom. The fraction of sp³-hybridized carbons (Fsp3) is 0.333. The van der Waals surface area contributed by atoms with Gasteiger partial charge in [0.15, 0.2) is 0 Å². The van der Waals surface area contributed by atoms with Crippen LogP contribution in [0.5, 0.6) is 0 Å². The molecule has 0 spiro atoms. The van der Waals surface area contributed by atoms with Crippen molar-refractivity contribution in [2.45, 2.75) is 50.9 Å². The number of ether oxygens (including phenoxy) is 2. The highest BCUT2D eigenvalue weighted by molar-refractivity contribution is 5.82. The summed E-state index contributed by atoms with van der Waals surface area (Å²) in [4.78, 5) is 27.2. The molecular weight excluding hydrogens is 514 g/mol. The standard InChI is InChI=1S/C30H29F4NO4/c1-29(2,3)39-27(36)26(15-18-13-14-19(16-25(18)31)30(32,33)34)35(4)28(37)38-17-24-22-11-7-5-9-20(22)21-10-6-8-12-23(21)24/h5-14,16,24,26H,15,17H2,1-4H3. The highest BCUT2D eigenvalue weighted by Gasteiger charge is 2.36. The van der Waals surface area contributed by atoms with Crippen LogP contribution < -0.4 is 0 Å². The summed E-state index contributed by atoms with van der Waals surface area (Å²) < 4.78 is 64.7. The Hall–Kier alpha value is -3.88. The van der Waals surface area contributed by atoms with Crippen LogP contribution in [0.3, 0.4) is 0 Å². The predicted molar refractivity (Wildman–Crippen MR) is 138 cm³/mol. The normalized spacial score (nSPS) is 13.8. The fourth-order valence-electron chi connectivity index (χ4n) is 4.67. The quantitative estimate of drug-likeness (QED) is 0.249. The third-order valence-corrected chi connectivity index (χ3v) is 6.56. The lowest BCUT2D eigenvalue weighted by Crippen LogP contribution is -2.47. The first kappa shape index (κ1) is 28.1. The first-order chi connectivity index (χ1) is 18.3. The lowest BCUT2D eigenvalue weighted by atomic mass is 9.98. The van der Waals surface area contributed by atoms with Crippen molar-refractivity contribution in [3.8, 4) is 11.1 Å². The minimum absolute atomic E-state index is 0.00706. The summed E-state index contributed by atoms with van der Waals surface area (Å²) in [6.07, 6.45) is -5.97. The van der Waals surface area contributed by atoms with Crippen molar-refractivity contribution < 1.29 is 36.6 Å². The second-order valence-corrected chi connectivity index (χ2v) is 10.5. The average Bonchev–Trinajstić information content (AvgIpc) is 3.18. The molecule has 9 heteroatoms. The summed E-state index contributed by atoms with van der Waals surface area (Å²) in [6, 6.07) is 16.3. The molecule has 39 heavy (non-hydrogen) atoms. The van der Waals surface area contributed by atoms with E-state index in [2.05, 4.69) is 0 Å². The average molecular weight is 544 g/mol. The molecule has 4 rings (SSSR count). The number of likely N-dealkylation sites (N-methyl/N-ethyl adjacent to an activating group) is 1. The third kappa shape index (κ3) is 6.24. The van der Waals surface area contributed by atoms with Crippen molar-refractivity contribution in [1.29, 1.82) is 0 Å². The van der Waals surface area contributed by atoms with E-state index in [1.165, 1.54) is 7.05 Å². The first-order valence-electron chi connectivity index (χ1n) is 12.4. The van der Waals surface area contributed by atoms with E-state index >= 15 is 0 Å². The number of hydrogen-bond acceptors (Lipinski definition) is 4. The molecule has 5 nitrogen and oxygen atoms in total. The smallest absolute Gasteiger partial charge is 0.416 e. The molecule has 206 valence electrons. The monoisotopic (exact) mass is 543 g/mol. The molecule has 0 bridgehead atoms. The zero-order chi connectivity index (χ0) is 28.5. The number of carbonyl (C=O) groups excluding carboxylic acids is 2. The number of amides is 1. The largest absolute Gasteiger partial charge is 0.458 e. The number of alkyl halides is 3. The maximum absolute atomic E-state index is 14.7. The van der Waals surface area contributed by atoms with E-state index in [0.717, 1.165) is 39.3 Å². The Labute approximate surface area is 224 Å². The molecule has 0 aromatic heterocycles. The van der Waals surface area contributed by atoms with Crippen LogP contribution >= 0.6 is 0 Å². The molecule has 1 aliphatic rings. The molecule has 0 saturated heterocycles. The van der Waals surface area contributed by atoms with E-state index in [1.807, 2.05) is 48.5 Å². The van der Waals surface area contributed by atoms with Gasteiger partial charge >= 0.3 is 18.2 Å². The van der Waals surface area contributed by atoms with Crippen molar-refractivity contribution >= 4 is 12.1 Å². The Balaban J connectivity index is 1.55. The highest BCUT2D eigenvalue weighted by atomic mass is 19.4. The summed E-state index contributed by atoms with van der Waals surface area (Å²) in [7, 11) is 1.31. The van der Waals surface area contributed by atoms with E-state index in [0.29, 0.717) is 6.07 Å². The molecule has 1 unspecified atom stereocenters. The summed E-state index contributed by atoms with van der Waals surface area (Å²) >= 11 is 0. The molecule has 0 heterocycles. The summed E-state index contributed by atoms with van der Waals surface area (Å²) in [6.45, 7) is 4.89. The Kier molecular flexibility index (Phi) is 7.73. The number of carbonyl (C=O) groups is 2. The summed E-state index contributed by atoms with van der Waals surface area (Å²) in [5, 5.41) is 0. The van der Waals surface area contributed by atoms with Gasteiger partial charge in [0.25, 0.3) is 0 Å². The van der Waals surface area contributed by atoms with Crippen molar-refractivity contribution in [2.75, 3.05) is 13.7 Å². The molecule has 0 saturated carbocycles. The molecule has 1 aliphatic carbocycles. The number of benzene rings is 3. The lowest BCUT2D eigenvalue weighted by molar-refractivity contribution is -0.160. The molecule has 3 aromatic carbocycles. The number of fused-ring (bicyclic) bond motifs is 3. The molecule has 3 aromatic rings. The topological polar surface area (TPSA) is 55.8 Å². The first-order valence-corrected chi connectivity index (χ1v) is 12.4. The van der Waals surface area contributed by atoms with E-state index in [4.69, 9.17) is 9.47 Å². The Bertz CT molecular complexity index is 1330. The SMILES string of the molecule is CN(C(=O)OCC1c2ccccc2-c2ccccc21)C(Cc1ccc(C(F)(F)F)cc1F)C(=O)OC(C)(C)C. The van der Waals surface area contributed by atoms with Gasteiger partial charge in [-0.25, -0.2) is 14.0 Å². The molecule has 1 amide bonds. The van der Waals surface area contributed by atoms with E-state index in [-0.39, 0.29) is 18.1 Å². The Morgan fingerprint density at radius 1 is 0.923 bits per heavy atom. The number of hydrogen-bond donors (Lipinski definition) is 0. The van der Waals surface area contributed by atoms with Crippen molar-refractivity contribution in [3.05, 3.63) is 94.8 Å². The molecule has 1 atom stereocenters. The van der Waals surface area contributed by atoms with Gasteiger partial charge in [-0.05, 0) is 60.7 Å². The van der Waals surface area contributed by atoms with Crippen LogP contribution in [-0.4, -0.2) is 42.3 Å². The summed E-state index contributed by atoms with van der Waals surface area (Å²) in [5.74, 6) is -2.20. The van der Waals surface area contributed by atoms with E-state index in [1.54, 1.807) is 20.8 Å². The van der Waals surface area contributed by atoms with Crippen molar-refractivity contribution in [3.63, 3.8) is 0 Å². The molecule has 0 radical (unpaired) electrons. The van der Waals surface area contributed by atoms with Crippen LogP contribution in [0.25, 0.3) is 11.1 Å². The van der Waals surface area contributed by atoms with Crippen LogP contribution in [0.1, 0.15) is 48.9 Å². The van der Waals surface area contributed by atoms with Gasteiger partial charge in [0, 0.05) is 19.4 Å². The second kappa shape index (κ2) is 10.7. The van der Waals surface area contributed by atoms with Crippen LogP contribution in [0.15, 0.2) is 66.7 Å². The van der Waals surface area contributed by atoms with Crippen molar-refractivity contribution in [2.24, 2.45) is 0 Å². The van der Waals surface area contributed by atoms with Gasteiger partial charge in [0.05, 0.1) is 5.56 Å². The molecule has 0 fully saturated rings. The van der Waals surface area contributed by atoms with E-state index < -0.39 is 47.7 Å². The van der Waals surface area contributed by atoms with Gasteiger partial charge < -0.3 is 9.47 Å². The van der Waals surface area contributed by atoms with Crippen LogP contribution in [-0.2, 0) is 26.9 Å². The molecule has 0 aliphatic heterocycles. The second-order valence-electron chi connectivity index (χ2n) is 10.5. The van der Waals surface area contributed by atoms with Gasteiger partial charge in [0.2, 0.25) is 0 Å². The maximum Gasteiger partial charge on any atom is 0.416 e. The molecule has 0 N–H and O–H groups in total. The highest BCUT2D eigenvalue weighted by Crippen LogP contribution is 2.44. The van der Waals surface area contributed by atoms with Gasteiger partial charge in [-0.2, -0.15) is 13.2 Å². The van der Waals surface area contributed by atoms with Gasteiger partial charge in [-0.15, -0.1) is 0 Å². The Morgan fingerprint density at radius 2 is 1.49 bits per heavy atom. The third-order valence-electron chi connectivity index (χ3n) is 6.56. The lowest BCUT2D eigenvalue weighted by Gasteiger charge is -2.30. The minimum atomic E-state index is -4.72. The van der Waals surface area contributed by atoms with E-state index in [9.17, 15) is 27.2 Å². The number of nitrogens with zero attached hydrogens (tertiary/aromatic N) is 1. The van der Waals surface area contributed by atoms with Gasteiger partial charge in [0.1, 0.15) is 24.1 Å². The van der Waals surface area contributed by atoms with Crippen molar-refractivity contribution in [1.82, 2.24) is 4.90 Å². The van der Waals surface area contributed by atoms with Crippen LogP contribution in [0.4, 0.5) is 22.4 Å². The number of rotatable bonds is 6. The van der Waals surface area contributed by atoms with Gasteiger partial charge in [-0.3, -0.25) is 4.90 Å². The zero-order valence-electron chi connectivity index (χ0n) is 22.0. The van der Waals surface area contributed by atoms with Crippen LogP contribution in [0.2, 0.25) is 0 Å². The summed E-state index contributed by atoms with van der Waals surface area (Å²) in [5.41, 5.74) is 1.86. The molecular formula is C30H29F4NO4. The van der Waals surface area contributed by atoms with Gasteiger partial charge in [-0.1, -0.05) is 54.6 Å². The number of esters is 1. The zero-order valence-corrected chi connectivity index (χ0v) is 22.0. The maximum atomic E-state index is 14.7. The van der Waals surface area contributed by atoms with Crippen LogP contribution in [0, 0.1) is 5.82 Å². The minimum Gasteiger partial charge on any atom is -0.458 e. The fourth-order valence-corrected chi connectivity index (χ4v) is 4.67. The predicted octanol–water partition coefficient (Wildman–Crippen LogP) is 6.98. The number of halogens is 4.